The first-order valence-electron chi connectivity index (χ1n) is 7.89. The predicted molar refractivity (Wildman–Crippen MR) is 84.9 cm³/mol. The van der Waals surface area contributed by atoms with Crippen LogP contribution in [0, 0.1) is 5.92 Å². The van der Waals surface area contributed by atoms with Gasteiger partial charge in [-0.2, -0.15) is 5.10 Å². The topological polar surface area (TPSA) is 79.6 Å². The Labute approximate surface area is 134 Å². The third-order valence-corrected chi connectivity index (χ3v) is 4.27. The van der Waals surface area contributed by atoms with Gasteiger partial charge in [0, 0.05) is 25.7 Å². The zero-order chi connectivity index (χ0) is 16.6. The minimum absolute atomic E-state index is 0.0205. The molecule has 3 heterocycles. The number of nitrogens with zero attached hydrogens (tertiary/aromatic N) is 4. The van der Waals surface area contributed by atoms with Gasteiger partial charge in [-0.3, -0.25) is 9.59 Å². The van der Waals surface area contributed by atoms with Crippen LogP contribution in [0.3, 0.4) is 0 Å². The van der Waals surface area contributed by atoms with Crippen molar-refractivity contribution in [3.8, 4) is 0 Å². The number of likely N-dealkylation sites (tertiary alicyclic amines) is 1. The van der Waals surface area contributed by atoms with Crippen molar-refractivity contribution in [2.24, 2.45) is 5.92 Å². The molecule has 1 atom stereocenters. The number of rotatable bonds is 3. The van der Waals surface area contributed by atoms with Gasteiger partial charge in [0.2, 0.25) is 5.91 Å². The highest BCUT2D eigenvalue weighted by Gasteiger charge is 2.33. The van der Waals surface area contributed by atoms with E-state index in [0.717, 1.165) is 25.1 Å². The molecule has 0 radical (unpaired) electrons. The fraction of sp³-hybridized carbons (Fsp3) is 0.500. The highest BCUT2D eigenvalue weighted by atomic mass is 16.2. The summed E-state index contributed by atoms with van der Waals surface area (Å²) in [6.07, 6.45) is 5.06. The first-order chi connectivity index (χ1) is 11.0. The summed E-state index contributed by atoms with van der Waals surface area (Å²) < 4.78 is 1.68. The first kappa shape index (κ1) is 15.5. The molecule has 23 heavy (non-hydrogen) atoms. The third kappa shape index (κ3) is 2.56. The Balaban J connectivity index is 2.04. The number of nitrogens with one attached hydrogen (secondary N) is 1. The molecule has 2 aromatic rings. The number of hydrogen-bond donors (Lipinski definition) is 1. The van der Waals surface area contributed by atoms with E-state index in [1.807, 2.05) is 24.8 Å². The van der Waals surface area contributed by atoms with E-state index in [0.29, 0.717) is 11.2 Å². The lowest BCUT2D eigenvalue weighted by Crippen LogP contribution is -2.34. The second-order valence-corrected chi connectivity index (χ2v) is 6.09. The fourth-order valence-corrected chi connectivity index (χ4v) is 3.13. The first-order valence-corrected chi connectivity index (χ1v) is 7.89. The summed E-state index contributed by atoms with van der Waals surface area (Å²) in [5, 5.41) is 6.92. The van der Waals surface area contributed by atoms with Crippen LogP contribution in [0.25, 0.3) is 5.65 Å². The van der Waals surface area contributed by atoms with E-state index in [1.165, 1.54) is 6.20 Å². The molecule has 0 aliphatic carbocycles. The minimum atomic E-state index is -0.216. The summed E-state index contributed by atoms with van der Waals surface area (Å²) in [6.45, 7) is 4.59. The van der Waals surface area contributed by atoms with Gasteiger partial charge in [-0.15, -0.1) is 0 Å². The molecule has 1 fully saturated rings. The number of hydrogen-bond acceptors (Lipinski definition) is 4. The van der Waals surface area contributed by atoms with Gasteiger partial charge in [0.05, 0.1) is 17.9 Å². The van der Waals surface area contributed by atoms with E-state index in [-0.39, 0.29) is 23.8 Å². The molecule has 0 bridgehead atoms. The van der Waals surface area contributed by atoms with E-state index in [9.17, 15) is 9.59 Å². The Morgan fingerprint density at radius 1 is 1.39 bits per heavy atom. The van der Waals surface area contributed by atoms with Gasteiger partial charge >= 0.3 is 0 Å². The van der Waals surface area contributed by atoms with Crippen molar-refractivity contribution in [1.82, 2.24) is 24.8 Å². The second-order valence-electron chi connectivity index (χ2n) is 6.09. The molecular weight excluding hydrogens is 294 g/mol. The monoisotopic (exact) mass is 315 g/mol. The van der Waals surface area contributed by atoms with Crippen molar-refractivity contribution in [3.05, 3.63) is 29.7 Å². The quantitative estimate of drug-likeness (QED) is 0.928. The zero-order valence-electron chi connectivity index (χ0n) is 13.6. The molecule has 3 rings (SSSR count). The molecule has 2 amide bonds. The van der Waals surface area contributed by atoms with Gasteiger partial charge in [0.1, 0.15) is 5.56 Å². The van der Waals surface area contributed by atoms with Crippen LogP contribution in [0.2, 0.25) is 0 Å². The van der Waals surface area contributed by atoms with Crippen molar-refractivity contribution in [2.45, 2.75) is 32.7 Å². The van der Waals surface area contributed by atoms with Crippen LogP contribution in [0.1, 0.15) is 48.8 Å². The summed E-state index contributed by atoms with van der Waals surface area (Å²) >= 11 is 0. The van der Waals surface area contributed by atoms with Crippen LogP contribution in [0.15, 0.2) is 18.5 Å². The van der Waals surface area contributed by atoms with Gasteiger partial charge in [0.25, 0.3) is 5.91 Å². The molecular formula is C16H21N5O2. The molecule has 122 valence electrons. The van der Waals surface area contributed by atoms with Gasteiger partial charge in [-0.1, -0.05) is 13.8 Å². The molecule has 7 heteroatoms. The number of carbonyl (C=O) groups is 2. The summed E-state index contributed by atoms with van der Waals surface area (Å²) in [5.41, 5.74) is 1.86. The van der Waals surface area contributed by atoms with Crippen molar-refractivity contribution in [3.63, 3.8) is 0 Å². The third-order valence-electron chi connectivity index (χ3n) is 4.27. The Bertz CT molecular complexity index is 752. The number of amides is 2. The minimum Gasteiger partial charge on any atom is -0.355 e. The Morgan fingerprint density at radius 2 is 2.17 bits per heavy atom. The molecule has 7 nitrogen and oxygen atoms in total. The molecule has 1 aliphatic heterocycles. The van der Waals surface area contributed by atoms with Crippen molar-refractivity contribution in [1.29, 1.82) is 0 Å². The highest BCUT2D eigenvalue weighted by Crippen LogP contribution is 2.33. The van der Waals surface area contributed by atoms with E-state index < -0.39 is 0 Å². The Hall–Kier alpha value is -2.44. The van der Waals surface area contributed by atoms with E-state index in [1.54, 1.807) is 17.8 Å². The number of aromatic nitrogens is 3. The van der Waals surface area contributed by atoms with Crippen LogP contribution < -0.4 is 5.32 Å². The lowest BCUT2D eigenvalue weighted by atomic mass is 10.1. The summed E-state index contributed by atoms with van der Waals surface area (Å²) in [6, 6.07) is 1.86. The van der Waals surface area contributed by atoms with Gasteiger partial charge < -0.3 is 10.2 Å². The number of fused-ring (bicyclic) bond motifs is 1. The smallest absolute Gasteiger partial charge is 0.256 e. The molecule has 1 aliphatic rings. The Kier molecular flexibility index (Phi) is 4.02. The Morgan fingerprint density at radius 3 is 2.87 bits per heavy atom. The van der Waals surface area contributed by atoms with Crippen LogP contribution in [0.4, 0.5) is 0 Å². The van der Waals surface area contributed by atoms with Crippen LogP contribution in [0.5, 0.6) is 0 Å². The second kappa shape index (κ2) is 5.98. The molecule has 0 unspecified atom stereocenters. The maximum atomic E-state index is 12.4. The van der Waals surface area contributed by atoms with E-state index in [2.05, 4.69) is 15.4 Å². The summed E-state index contributed by atoms with van der Waals surface area (Å²) in [5.74, 6) is -0.102. The lowest BCUT2D eigenvalue weighted by molar-refractivity contribution is -0.135. The van der Waals surface area contributed by atoms with Crippen molar-refractivity contribution < 1.29 is 9.59 Å². The average Bonchev–Trinajstić information content (AvgIpc) is 3.19. The van der Waals surface area contributed by atoms with Crippen molar-refractivity contribution in [2.75, 3.05) is 13.6 Å². The standard InChI is InChI=1S/C16H21N5O2/c1-10(2)16(23)20-8-4-5-12(20)13-6-7-18-14-11(15(22)17-3)9-19-21(13)14/h6-7,9-10,12H,4-5,8H2,1-3H3,(H,17,22)/t12-/m0/s1. The zero-order valence-corrected chi connectivity index (χ0v) is 13.6. The molecule has 0 spiro atoms. The molecule has 0 aromatic carbocycles. The predicted octanol–water partition coefficient (Wildman–Crippen LogP) is 1.41. The van der Waals surface area contributed by atoms with Gasteiger partial charge in [-0.05, 0) is 18.9 Å². The van der Waals surface area contributed by atoms with E-state index in [4.69, 9.17) is 0 Å². The average molecular weight is 315 g/mol. The van der Waals surface area contributed by atoms with Gasteiger partial charge in [0.15, 0.2) is 5.65 Å². The van der Waals surface area contributed by atoms with Crippen LogP contribution in [-0.4, -0.2) is 44.9 Å². The summed E-state index contributed by atoms with van der Waals surface area (Å²) in [7, 11) is 1.58. The van der Waals surface area contributed by atoms with Crippen molar-refractivity contribution >= 4 is 17.5 Å². The molecule has 2 aromatic heterocycles. The maximum Gasteiger partial charge on any atom is 0.256 e. The fourth-order valence-electron chi connectivity index (χ4n) is 3.13. The van der Waals surface area contributed by atoms with E-state index >= 15 is 0 Å². The van der Waals surface area contributed by atoms with Gasteiger partial charge in [-0.25, -0.2) is 9.50 Å². The molecule has 1 N–H and O–H groups in total. The number of carbonyl (C=O) groups excluding carboxylic acids is 2. The maximum absolute atomic E-state index is 12.4. The summed E-state index contributed by atoms with van der Waals surface area (Å²) in [4.78, 5) is 30.6. The normalized spacial score (nSPS) is 17.9. The highest BCUT2D eigenvalue weighted by molar-refractivity contribution is 5.99. The molecule has 0 saturated carbocycles. The van der Waals surface area contributed by atoms with Crippen LogP contribution in [-0.2, 0) is 4.79 Å². The largest absolute Gasteiger partial charge is 0.355 e. The SMILES string of the molecule is CNC(=O)c1cnn2c([C@@H]3CCCN3C(=O)C(C)C)ccnc12. The van der Waals surface area contributed by atoms with Crippen LogP contribution >= 0.6 is 0 Å². The lowest BCUT2D eigenvalue weighted by Gasteiger charge is -2.26. The molecule has 1 saturated heterocycles.